The number of hydrogen-bond acceptors (Lipinski definition) is 5. The van der Waals surface area contributed by atoms with Gasteiger partial charge in [0.2, 0.25) is 0 Å². The Balaban J connectivity index is 1.40. The van der Waals surface area contributed by atoms with Gasteiger partial charge in [0.05, 0.1) is 11.6 Å². The van der Waals surface area contributed by atoms with Crippen molar-refractivity contribution in [2.45, 2.75) is 37.0 Å². The fourth-order valence-electron chi connectivity index (χ4n) is 5.33. The topological polar surface area (TPSA) is 98.7 Å². The number of likely N-dealkylation sites (tertiary alicyclic amines) is 1. The number of nitrogens with two attached hydrogens (primary N) is 1. The number of epoxide rings is 1. The third kappa shape index (κ3) is 2.72. The minimum atomic E-state index is -0.390. The molecule has 4 heterocycles. The number of carbonyl (C=O) groups is 1. The van der Waals surface area contributed by atoms with E-state index in [0.717, 1.165) is 5.70 Å². The lowest BCUT2D eigenvalue weighted by Gasteiger charge is -2.16. The molecule has 2 spiro atoms. The summed E-state index contributed by atoms with van der Waals surface area (Å²) in [6.45, 7) is 2.63. The van der Waals surface area contributed by atoms with Gasteiger partial charge in [0.25, 0.3) is 5.91 Å². The van der Waals surface area contributed by atoms with E-state index >= 15 is 0 Å². The van der Waals surface area contributed by atoms with Crippen LogP contribution in [0.1, 0.15) is 25.8 Å². The van der Waals surface area contributed by atoms with Crippen LogP contribution in [0.4, 0.5) is 5.82 Å². The molecule has 1 amide bonds. The Bertz CT molecular complexity index is 1430. The predicted molar refractivity (Wildman–Crippen MR) is 125 cm³/mol. The van der Waals surface area contributed by atoms with Crippen molar-refractivity contribution in [3.8, 4) is 11.8 Å². The van der Waals surface area contributed by atoms with E-state index in [9.17, 15) is 9.59 Å². The minimum Gasteiger partial charge on any atom is -0.382 e. The average Bonchev–Trinajstić information content (AvgIpc) is 3.26. The number of amides is 1. The number of aromatic nitrogens is 3. The Hall–Kier alpha value is -3.83. The van der Waals surface area contributed by atoms with Gasteiger partial charge in [0, 0.05) is 31.4 Å². The molecule has 33 heavy (non-hydrogen) atoms. The van der Waals surface area contributed by atoms with Crippen molar-refractivity contribution in [1.82, 2.24) is 19.0 Å². The van der Waals surface area contributed by atoms with E-state index < -0.39 is 5.60 Å². The molecular formula is C25H23N5O3. The van der Waals surface area contributed by atoms with Gasteiger partial charge in [-0.3, -0.25) is 13.9 Å². The monoisotopic (exact) mass is 441 g/mol. The molecule has 6 rings (SSSR count). The SMILES string of the molecule is CC#CC(=O)N1CC[C@@H](n2c(=O)n(C3=CC[C@@]4(C=C3)OC43C=CC=C3)c3c(N)nccc32)C1. The highest BCUT2D eigenvalue weighted by Crippen LogP contribution is 2.57. The summed E-state index contributed by atoms with van der Waals surface area (Å²) in [5.41, 5.74) is 7.35. The molecule has 2 saturated heterocycles. The van der Waals surface area contributed by atoms with Crippen LogP contribution in [0.25, 0.3) is 16.7 Å². The molecule has 2 N–H and O–H groups in total. The lowest BCUT2D eigenvalue weighted by Crippen LogP contribution is -2.31. The van der Waals surface area contributed by atoms with E-state index in [1.165, 1.54) is 0 Å². The van der Waals surface area contributed by atoms with Gasteiger partial charge >= 0.3 is 5.69 Å². The third-order valence-electron chi connectivity index (χ3n) is 7.02. The summed E-state index contributed by atoms with van der Waals surface area (Å²) in [6.07, 6.45) is 17.0. The molecule has 8 nitrogen and oxygen atoms in total. The van der Waals surface area contributed by atoms with Gasteiger partial charge in [-0.1, -0.05) is 24.1 Å². The molecule has 2 fully saturated rings. The fraction of sp³-hybridized carbons (Fsp3) is 0.320. The van der Waals surface area contributed by atoms with Gasteiger partial charge < -0.3 is 15.4 Å². The number of hydrogen-bond donors (Lipinski definition) is 1. The number of nitrogens with zero attached hydrogens (tertiary/aromatic N) is 4. The standard InChI is InChI=1S/C25H23N5O3/c1-2-5-20(31)28-15-9-18(16-28)29-19-8-14-27-22(26)21(19)30(23(29)32)17-6-12-25(13-7-17)24(33-25)10-3-4-11-24/h3-4,6-8,10-12,14,18H,9,13,15-16H2,1H3,(H2,26,27)/t18-,25-/m1/s1. The number of allylic oxidation sites excluding steroid dienone is 4. The number of ether oxygens (including phenoxy) is 1. The highest BCUT2D eigenvalue weighted by molar-refractivity contribution is 5.94. The summed E-state index contributed by atoms with van der Waals surface area (Å²) < 4.78 is 9.46. The van der Waals surface area contributed by atoms with Crippen LogP contribution in [-0.4, -0.2) is 49.2 Å². The Labute approximate surface area is 190 Å². The van der Waals surface area contributed by atoms with Gasteiger partial charge in [0.15, 0.2) is 0 Å². The summed E-state index contributed by atoms with van der Waals surface area (Å²) in [5, 5.41) is 0. The van der Waals surface area contributed by atoms with E-state index in [-0.39, 0.29) is 23.2 Å². The first-order valence-electron chi connectivity index (χ1n) is 11.0. The van der Waals surface area contributed by atoms with Crippen LogP contribution in [0.2, 0.25) is 0 Å². The van der Waals surface area contributed by atoms with Crippen molar-refractivity contribution in [3.05, 3.63) is 65.3 Å². The smallest absolute Gasteiger partial charge is 0.334 e. The second-order valence-electron chi connectivity index (χ2n) is 8.79. The van der Waals surface area contributed by atoms with Crippen LogP contribution >= 0.6 is 0 Å². The Kier molecular flexibility index (Phi) is 4.10. The van der Waals surface area contributed by atoms with Crippen LogP contribution < -0.4 is 11.4 Å². The Morgan fingerprint density at radius 2 is 2.12 bits per heavy atom. The quantitative estimate of drug-likeness (QED) is 0.568. The average molecular weight is 441 g/mol. The van der Waals surface area contributed by atoms with Crippen LogP contribution in [0.5, 0.6) is 0 Å². The molecule has 4 aliphatic rings. The molecule has 8 heteroatoms. The zero-order valence-corrected chi connectivity index (χ0v) is 18.2. The number of fused-ring (bicyclic) bond motifs is 2. The second-order valence-corrected chi connectivity index (χ2v) is 8.79. The molecule has 0 aromatic carbocycles. The van der Waals surface area contributed by atoms with E-state index in [2.05, 4.69) is 29.0 Å². The van der Waals surface area contributed by atoms with E-state index in [1.54, 1.807) is 27.2 Å². The van der Waals surface area contributed by atoms with Gasteiger partial charge in [0.1, 0.15) is 22.5 Å². The minimum absolute atomic E-state index is 0.158. The van der Waals surface area contributed by atoms with Crippen molar-refractivity contribution < 1.29 is 9.53 Å². The summed E-state index contributed by atoms with van der Waals surface area (Å²) in [7, 11) is 0. The number of carbonyl (C=O) groups excluding carboxylic acids is 1. The van der Waals surface area contributed by atoms with Crippen LogP contribution in [0.3, 0.4) is 0 Å². The number of imidazole rings is 1. The molecule has 0 unspecified atom stereocenters. The van der Waals surface area contributed by atoms with E-state index in [4.69, 9.17) is 10.5 Å². The molecule has 2 aliphatic heterocycles. The second kappa shape index (κ2) is 6.83. The van der Waals surface area contributed by atoms with Crippen molar-refractivity contribution in [2.75, 3.05) is 18.8 Å². The maximum atomic E-state index is 13.7. The Morgan fingerprint density at radius 3 is 2.85 bits per heavy atom. The fourth-order valence-corrected chi connectivity index (χ4v) is 5.33. The van der Waals surface area contributed by atoms with Crippen LogP contribution in [0, 0.1) is 11.8 Å². The van der Waals surface area contributed by atoms with Gasteiger partial charge in [-0.25, -0.2) is 9.78 Å². The van der Waals surface area contributed by atoms with Crippen molar-refractivity contribution in [2.24, 2.45) is 0 Å². The summed E-state index contributed by atoms with van der Waals surface area (Å²) in [5.74, 6) is 5.32. The van der Waals surface area contributed by atoms with Crippen molar-refractivity contribution in [3.63, 3.8) is 0 Å². The summed E-state index contributed by atoms with van der Waals surface area (Å²) in [6, 6.07) is 1.65. The maximum Gasteiger partial charge on any atom is 0.334 e. The molecule has 2 aromatic rings. The molecule has 0 saturated carbocycles. The Morgan fingerprint density at radius 1 is 1.30 bits per heavy atom. The molecule has 166 valence electrons. The molecule has 2 aromatic heterocycles. The number of rotatable bonds is 2. The highest BCUT2D eigenvalue weighted by Gasteiger charge is 2.66. The first-order valence-corrected chi connectivity index (χ1v) is 11.0. The van der Waals surface area contributed by atoms with E-state index in [0.29, 0.717) is 42.8 Å². The van der Waals surface area contributed by atoms with Gasteiger partial charge in [-0.05, 0) is 49.6 Å². The molecule has 2 atom stereocenters. The zero-order chi connectivity index (χ0) is 22.8. The zero-order valence-electron chi connectivity index (χ0n) is 18.2. The molecule has 2 aliphatic carbocycles. The van der Waals surface area contributed by atoms with Gasteiger partial charge in [-0.15, -0.1) is 0 Å². The number of nitrogen functional groups attached to an aromatic ring is 1. The summed E-state index contributed by atoms with van der Waals surface area (Å²) in [4.78, 5) is 31.9. The van der Waals surface area contributed by atoms with Gasteiger partial charge in [-0.2, -0.15) is 0 Å². The molecule has 0 radical (unpaired) electrons. The van der Waals surface area contributed by atoms with Crippen LogP contribution in [-0.2, 0) is 9.53 Å². The van der Waals surface area contributed by atoms with Crippen molar-refractivity contribution >= 4 is 28.5 Å². The van der Waals surface area contributed by atoms with Crippen molar-refractivity contribution in [1.29, 1.82) is 0 Å². The normalized spacial score (nSPS) is 26.3. The molecule has 0 bridgehead atoms. The first-order chi connectivity index (χ1) is 16.0. The van der Waals surface area contributed by atoms with E-state index in [1.807, 2.05) is 36.4 Å². The lowest BCUT2D eigenvalue weighted by molar-refractivity contribution is -0.124. The largest absolute Gasteiger partial charge is 0.382 e. The first kappa shape index (κ1) is 19.8. The third-order valence-corrected chi connectivity index (χ3v) is 7.02. The maximum absolute atomic E-state index is 13.7. The number of anilines is 1. The highest BCUT2D eigenvalue weighted by atomic mass is 16.6. The predicted octanol–water partition coefficient (Wildman–Crippen LogP) is 2.01. The van der Waals surface area contributed by atoms with Crippen LogP contribution in [0.15, 0.2) is 59.6 Å². The number of pyridine rings is 1. The lowest BCUT2D eigenvalue weighted by atomic mass is 9.87. The summed E-state index contributed by atoms with van der Waals surface area (Å²) >= 11 is 0. The molecular weight excluding hydrogens is 418 g/mol.